The van der Waals surface area contributed by atoms with E-state index in [-0.39, 0.29) is 11.5 Å². The predicted molar refractivity (Wildman–Crippen MR) is 45.4 cm³/mol. The molecule has 0 atom stereocenters. The fourth-order valence-electron chi connectivity index (χ4n) is 1.18. The molecule has 1 radical (unpaired) electrons. The van der Waals surface area contributed by atoms with Gasteiger partial charge in [-0.3, -0.25) is 4.79 Å². The van der Waals surface area contributed by atoms with E-state index in [1.165, 1.54) is 24.3 Å². The molecule has 0 saturated carbocycles. The smallest absolute Gasteiger partial charge is 0.267 e. The van der Waals surface area contributed by atoms with Crippen molar-refractivity contribution in [1.29, 1.82) is 0 Å². The summed E-state index contributed by atoms with van der Waals surface area (Å²) in [6.07, 6.45) is 1.47. The van der Waals surface area contributed by atoms with Crippen LogP contribution in [0.3, 0.4) is 0 Å². The van der Waals surface area contributed by atoms with E-state index in [0.717, 1.165) is 0 Å². The van der Waals surface area contributed by atoms with Crippen molar-refractivity contribution in [2.24, 2.45) is 5.73 Å². The second kappa shape index (κ2) is 2.58. The highest BCUT2D eigenvalue weighted by molar-refractivity contribution is 6.00. The van der Waals surface area contributed by atoms with Gasteiger partial charge in [0.1, 0.15) is 11.5 Å². The Hall–Kier alpha value is -1.84. The Bertz CT molecular complexity index is 412. The molecular weight excluding hydrogens is 171 g/mol. The number of amides is 1. The molecule has 0 unspecified atom stereocenters. The van der Waals surface area contributed by atoms with Crippen LogP contribution in [0.5, 0.6) is 0 Å². The van der Waals surface area contributed by atoms with Crippen molar-refractivity contribution in [2.75, 3.05) is 0 Å². The van der Waals surface area contributed by atoms with Crippen LogP contribution < -0.4 is 11.1 Å². The van der Waals surface area contributed by atoms with Crippen molar-refractivity contribution < 1.29 is 9.18 Å². The third-order valence-corrected chi connectivity index (χ3v) is 1.78. The Kier molecular flexibility index (Phi) is 1.55. The van der Waals surface area contributed by atoms with Crippen LogP contribution in [0.2, 0.25) is 0 Å². The second-order valence-electron chi connectivity index (χ2n) is 2.71. The van der Waals surface area contributed by atoms with Crippen molar-refractivity contribution in [1.82, 2.24) is 5.32 Å². The van der Waals surface area contributed by atoms with Gasteiger partial charge in [0.05, 0.1) is 5.69 Å². The summed E-state index contributed by atoms with van der Waals surface area (Å²) in [5.74, 6) is -0.951. The molecule has 1 aromatic carbocycles. The van der Waals surface area contributed by atoms with Gasteiger partial charge in [0.25, 0.3) is 5.91 Å². The first-order valence-corrected chi connectivity index (χ1v) is 3.69. The Morgan fingerprint density at radius 2 is 2.23 bits per heavy atom. The summed E-state index contributed by atoms with van der Waals surface area (Å²) in [6.45, 7) is 0. The molecule has 0 spiro atoms. The number of carbonyl (C=O) groups is 1. The number of fused-ring (bicyclic) bond motifs is 1. The Labute approximate surface area is 74.0 Å². The summed E-state index contributed by atoms with van der Waals surface area (Å²) in [5, 5.41) is 3.91. The Morgan fingerprint density at radius 3 is 2.92 bits per heavy atom. The number of benzene rings is 1. The maximum absolute atomic E-state index is 12.7. The lowest BCUT2D eigenvalue weighted by Gasteiger charge is -1.96. The highest BCUT2D eigenvalue weighted by atomic mass is 19.1. The van der Waals surface area contributed by atoms with E-state index in [1.807, 2.05) is 0 Å². The summed E-state index contributed by atoms with van der Waals surface area (Å²) in [7, 11) is 0. The molecular formula is C9H6FN2O. The monoisotopic (exact) mass is 177 g/mol. The molecule has 0 aliphatic carbocycles. The zero-order chi connectivity index (χ0) is 9.42. The standard InChI is InChI=1S/C9H6FN2O/c10-6-1-2-7-5(3-6)4-8(12-7)9(11)13/h1-4H,(H2,11,13). The number of hydrogen-bond donors (Lipinski definition) is 1. The lowest BCUT2D eigenvalue weighted by atomic mass is 10.2. The quantitative estimate of drug-likeness (QED) is 0.680. The topological polar surface area (TPSA) is 57.2 Å². The number of nitrogens with two attached hydrogens (primary N) is 1. The third-order valence-electron chi connectivity index (χ3n) is 1.78. The van der Waals surface area contributed by atoms with Crippen molar-refractivity contribution in [2.45, 2.75) is 0 Å². The zero-order valence-electron chi connectivity index (χ0n) is 6.62. The maximum Gasteiger partial charge on any atom is 0.267 e. The van der Waals surface area contributed by atoms with Crippen LogP contribution in [-0.4, -0.2) is 5.91 Å². The molecule has 4 heteroatoms. The second-order valence-corrected chi connectivity index (χ2v) is 2.71. The van der Waals surface area contributed by atoms with Gasteiger partial charge in [-0.25, -0.2) is 9.71 Å². The number of rotatable bonds is 1. The van der Waals surface area contributed by atoms with E-state index in [4.69, 9.17) is 5.73 Å². The van der Waals surface area contributed by atoms with Crippen molar-refractivity contribution >= 4 is 17.7 Å². The van der Waals surface area contributed by atoms with Crippen LogP contribution in [0.15, 0.2) is 23.9 Å². The van der Waals surface area contributed by atoms with Crippen LogP contribution >= 0.6 is 0 Å². The SMILES string of the molecule is NC(=O)C1=Cc2cc(F)ccc2[N]1. The number of carbonyl (C=O) groups excluding carboxylic acids is 1. The number of nitrogens with zero attached hydrogens (tertiary/aromatic N) is 1. The van der Waals surface area contributed by atoms with Gasteiger partial charge >= 0.3 is 0 Å². The predicted octanol–water partition coefficient (Wildman–Crippen LogP) is 0.901. The minimum Gasteiger partial charge on any atom is -0.364 e. The van der Waals surface area contributed by atoms with Crippen molar-refractivity contribution in [3.05, 3.63) is 35.3 Å². The Balaban J connectivity index is 2.43. The molecule has 0 fully saturated rings. The molecule has 1 amide bonds. The first-order valence-electron chi connectivity index (χ1n) is 3.69. The lowest BCUT2D eigenvalue weighted by molar-refractivity contribution is -0.114. The molecule has 1 aliphatic rings. The first-order chi connectivity index (χ1) is 6.16. The van der Waals surface area contributed by atoms with Gasteiger partial charge in [-0.05, 0) is 24.3 Å². The maximum atomic E-state index is 12.7. The molecule has 0 aromatic heterocycles. The van der Waals surface area contributed by atoms with Crippen LogP contribution in [0, 0.1) is 5.82 Å². The van der Waals surface area contributed by atoms with Gasteiger partial charge in [-0.2, -0.15) is 0 Å². The molecule has 13 heavy (non-hydrogen) atoms. The molecule has 1 aromatic rings. The van der Waals surface area contributed by atoms with E-state index >= 15 is 0 Å². The van der Waals surface area contributed by atoms with E-state index in [9.17, 15) is 9.18 Å². The largest absolute Gasteiger partial charge is 0.364 e. The molecule has 0 bridgehead atoms. The number of halogens is 1. The molecule has 2 N–H and O–H groups in total. The van der Waals surface area contributed by atoms with Gasteiger partial charge < -0.3 is 5.73 Å². The fraction of sp³-hybridized carbons (Fsp3) is 0. The fourth-order valence-corrected chi connectivity index (χ4v) is 1.18. The Morgan fingerprint density at radius 1 is 1.46 bits per heavy atom. The third kappa shape index (κ3) is 1.26. The molecule has 1 aliphatic heterocycles. The van der Waals surface area contributed by atoms with Gasteiger partial charge in [-0.1, -0.05) is 0 Å². The van der Waals surface area contributed by atoms with Crippen LogP contribution in [0.25, 0.3) is 6.08 Å². The van der Waals surface area contributed by atoms with Crippen LogP contribution in [0.1, 0.15) is 5.56 Å². The summed E-state index contributed by atoms with van der Waals surface area (Å²) >= 11 is 0. The summed E-state index contributed by atoms with van der Waals surface area (Å²) in [4.78, 5) is 10.7. The average Bonchev–Trinajstić information content (AvgIpc) is 2.46. The number of hydrogen-bond acceptors (Lipinski definition) is 1. The first kappa shape index (κ1) is 7.79. The summed E-state index contributed by atoms with van der Waals surface area (Å²) in [5.41, 5.74) is 6.36. The average molecular weight is 177 g/mol. The zero-order valence-corrected chi connectivity index (χ0v) is 6.62. The lowest BCUT2D eigenvalue weighted by Crippen LogP contribution is -2.16. The van der Waals surface area contributed by atoms with Crippen molar-refractivity contribution in [3.63, 3.8) is 0 Å². The molecule has 1 heterocycles. The molecule has 0 saturated heterocycles. The summed E-state index contributed by atoms with van der Waals surface area (Å²) < 4.78 is 12.7. The highest BCUT2D eigenvalue weighted by Gasteiger charge is 2.17. The molecule has 65 valence electrons. The molecule has 2 rings (SSSR count). The van der Waals surface area contributed by atoms with Crippen LogP contribution in [0.4, 0.5) is 10.1 Å². The summed E-state index contributed by atoms with van der Waals surface area (Å²) in [6, 6.07) is 4.12. The molecule has 3 nitrogen and oxygen atoms in total. The minimum absolute atomic E-state index is 0.167. The minimum atomic E-state index is -0.600. The van der Waals surface area contributed by atoms with Gasteiger partial charge in [0.15, 0.2) is 0 Å². The van der Waals surface area contributed by atoms with E-state index < -0.39 is 5.91 Å². The van der Waals surface area contributed by atoms with Crippen molar-refractivity contribution in [3.8, 4) is 0 Å². The highest BCUT2D eigenvalue weighted by Crippen LogP contribution is 2.27. The van der Waals surface area contributed by atoms with Gasteiger partial charge in [0.2, 0.25) is 0 Å². The normalized spacial score (nSPS) is 13.2. The van der Waals surface area contributed by atoms with Gasteiger partial charge in [0, 0.05) is 5.56 Å². The van der Waals surface area contributed by atoms with E-state index in [2.05, 4.69) is 5.32 Å². The number of primary amides is 1. The van der Waals surface area contributed by atoms with Gasteiger partial charge in [-0.15, -0.1) is 0 Å². The van der Waals surface area contributed by atoms with E-state index in [0.29, 0.717) is 11.3 Å². The van der Waals surface area contributed by atoms with Crippen LogP contribution in [-0.2, 0) is 4.79 Å². The van der Waals surface area contributed by atoms with E-state index in [1.54, 1.807) is 0 Å².